The summed E-state index contributed by atoms with van der Waals surface area (Å²) in [6.45, 7) is 6.25. The molecule has 1 aromatic carbocycles. The van der Waals surface area contributed by atoms with Gasteiger partial charge < -0.3 is 15.8 Å². The molecule has 1 aromatic heterocycles. The first-order valence-corrected chi connectivity index (χ1v) is 6.78. The number of nitrogens with zero attached hydrogens (tertiary/aromatic N) is 1. The minimum Gasteiger partial charge on any atom is -0.492 e. The fraction of sp³-hybridized carbons (Fsp3) is 0.250. The van der Waals surface area contributed by atoms with Crippen LogP contribution in [0.4, 0.5) is 11.5 Å². The number of nitrogens with one attached hydrogen (secondary N) is 1. The Morgan fingerprint density at radius 1 is 1.29 bits per heavy atom. The number of nitrogen functional groups attached to an aromatic ring is 1. The largest absolute Gasteiger partial charge is 0.492 e. The Morgan fingerprint density at radius 3 is 2.67 bits per heavy atom. The maximum atomic E-state index is 12.2. The average molecular weight is 285 g/mol. The number of carbonyl (C=O) groups excluding carboxylic acids is 1. The van der Waals surface area contributed by atoms with Crippen molar-refractivity contribution in [3.8, 4) is 5.75 Å². The van der Waals surface area contributed by atoms with Crippen molar-refractivity contribution in [1.29, 1.82) is 0 Å². The molecular formula is C16H19N3O2. The van der Waals surface area contributed by atoms with Crippen molar-refractivity contribution >= 4 is 17.4 Å². The lowest BCUT2D eigenvalue weighted by Gasteiger charge is -2.10. The summed E-state index contributed by atoms with van der Waals surface area (Å²) in [6.07, 6.45) is 0. The molecule has 5 heteroatoms. The number of amides is 1. The molecule has 21 heavy (non-hydrogen) atoms. The van der Waals surface area contributed by atoms with Crippen molar-refractivity contribution in [1.82, 2.24) is 4.98 Å². The highest BCUT2D eigenvalue weighted by molar-refractivity contribution is 6.04. The number of ether oxygens (including phenoxy) is 1. The number of nitrogens with two attached hydrogens (primary N) is 1. The van der Waals surface area contributed by atoms with Gasteiger partial charge in [-0.2, -0.15) is 0 Å². The zero-order valence-electron chi connectivity index (χ0n) is 12.4. The maximum absolute atomic E-state index is 12.2. The molecule has 1 heterocycles. The predicted octanol–water partition coefficient (Wildman–Crippen LogP) is 2.93. The van der Waals surface area contributed by atoms with Crippen LogP contribution in [0.2, 0.25) is 0 Å². The molecule has 0 atom stereocenters. The number of hydrogen-bond donors (Lipinski definition) is 2. The van der Waals surface area contributed by atoms with Gasteiger partial charge in [0, 0.05) is 11.3 Å². The number of rotatable bonds is 4. The molecule has 0 unspecified atom stereocenters. The summed E-state index contributed by atoms with van der Waals surface area (Å²) in [5.74, 6) is 0.866. The lowest BCUT2D eigenvalue weighted by Crippen LogP contribution is -2.14. The second kappa shape index (κ2) is 6.26. The lowest BCUT2D eigenvalue weighted by atomic mass is 10.1. The molecule has 110 valence electrons. The van der Waals surface area contributed by atoms with Gasteiger partial charge in [-0.1, -0.05) is 0 Å². The molecule has 0 bridgehead atoms. The molecular weight excluding hydrogens is 266 g/mol. The van der Waals surface area contributed by atoms with Crippen molar-refractivity contribution < 1.29 is 9.53 Å². The van der Waals surface area contributed by atoms with Crippen LogP contribution in [0.5, 0.6) is 5.75 Å². The molecule has 3 N–H and O–H groups in total. The third-order valence-corrected chi connectivity index (χ3v) is 2.91. The molecule has 0 radical (unpaired) electrons. The van der Waals surface area contributed by atoms with Gasteiger partial charge in [0.25, 0.3) is 5.91 Å². The van der Waals surface area contributed by atoms with Crippen molar-refractivity contribution in [3.05, 3.63) is 47.2 Å². The summed E-state index contributed by atoms with van der Waals surface area (Å²) in [4.78, 5) is 16.5. The first-order valence-electron chi connectivity index (χ1n) is 6.78. The monoisotopic (exact) mass is 285 g/mol. The van der Waals surface area contributed by atoms with Crippen LogP contribution in [0, 0.1) is 13.8 Å². The molecule has 0 aliphatic carbocycles. The number of carbonyl (C=O) groups is 1. The molecule has 0 aliphatic rings. The second-order valence-corrected chi connectivity index (χ2v) is 4.81. The Bertz CT molecular complexity index is 648. The fourth-order valence-electron chi connectivity index (χ4n) is 2.07. The first-order chi connectivity index (χ1) is 9.99. The van der Waals surface area contributed by atoms with Gasteiger partial charge in [-0.15, -0.1) is 0 Å². The number of aromatic nitrogens is 1. The number of aryl methyl sites for hydroxylation is 2. The first kappa shape index (κ1) is 14.8. The van der Waals surface area contributed by atoms with Gasteiger partial charge in [-0.25, -0.2) is 4.98 Å². The minimum atomic E-state index is -0.248. The van der Waals surface area contributed by atoms with E-state index < -0.39 is 0 Å². The van der Waals surface area contributed by atoms with E-state index in [0.29, 0.717) is 29.4 Å². The van der Waals surface area contributed by atoms with Gasteiger partial charge in [0.1, 0.15) is 11.6 Å². The standard InChI is InChI=1S/C16H19N3O2/c1-4-21-14-6-5-12(9-13(14)17)16(20)19-15-8-10(2)7-11(3)18-15/h5-9H,4,17H2,1-3H3,(H,18,19,20). The van der Waals surface area contributed by atoms with Crippen LogP contribution >= 0.6 is 0 Å². The maximum Gasteiger partial charge on any atom is 0.256 e. The van der Waals surface area contributed by atoms with Crippen LogP contribution < -0.4 is 15.8 Å². The van der Waals surface area contributed by atoms with E-state index in [1.165, 1.54) is 0 Å². The Hall–Kier alpha value is -2.56. The molecule has 0 saturated carbocycles. The highest BCUT2D eigenvalue weighted by Gasteiger charge is 2.10. The van der Waals surface area contributed by atoms with Gasteiger partial charge in [0.15, 0.2) is 0 Å². The van der Waals surface area contributed by atoms with E-state index in [1.54, 1.807) is 18.2 Å². The Kier molecular flexibility index (Phi) is 4.42. The van der Waals surface area contributed by atoms with Crippen molar-refractivity contribution in [2.45, 2.75) is 20.8 Å². The Labute approximate surface area is 124 Å². The van der Waals surface area contributed by atoms with E-state index in [1.807, 2.05) is 32.9 Å². The van der Waals surface area contributed by atoms with Crippen LogP contribution in [0.1, 0.15) is 28.5 Å². The topological polar surface area (TPSA) is 77.2 Å². The van der Waals surface area contributed by atoms with Crippen molar-refractivity contribution in [2.24, 2.45) is 0 Å². The van der Waals surface area contributed by atoms with E-state index in [2.05, 4.69) is 10.3 Å². The summed E-state index contributed by atoms with van der Waals surface area (Å²) in [6, 6.07) is 8.75. The molecule has 0 spiro atoms. The normalized spacial score (nSPS) is 10.2. The lowest BCUT2D eigenvalue weighted by molar-refractivity contribution is 0.102. The summed E-state index contributed by atoms with van der Waals surface area (Å²) < 4.78 is 5.35. The smallest absolute Gasteiger partial charge is 0.256 e. The summed E-state index contributed by atoms with van der Waals surface area (Å²) in [5, 5.41) is 2.77. The van der Waals surface area contributed by atoms with E-state index in [4.69, 9.17) is 10.5 Å². The molecule has 1 amide bonds. The number of pyridine rings is 1. The summed E-state index contributed by atoms with van der Waals surface area (Å²) in [5.41, 5.74) is 8.68. The molecule has 0 saturated heterocycles. The molecule has 2 rings (SSSR count). The second-order valence-electron chi connectivity index (χ2n) is 4.81. The number of hydrogen-bond acceptors (Lipinski definition) is 4. The van der Waals surface area contributed by atoms with E-state index in [9.17, 15) is 4.79 Å². The summed E-state index contributed by atoms with van der Waals surface area (Å²) in [7, 11) is 0. The fourth-order valence-corrected chi connectivity index (χ4v) is 2.07. The molecule has 5 nitrogen and oxygen atoms in total. The van der Waals surface area contributed by atoms with Crippen LogP contribution in [0.25, 0.3) is 0 Å². The number of anilines is 2. The van der Waals surface area contributed by atoms with Crippen molar-refractivity contribution in [2.75, 3.05) is 17.7 Å². The Morgan fingerprint density at radius 2 is 2.05 bits per heavy atom. The molecule has 0 fully saturated rings. The Balaban J connectivity index is 2.18. The average Bonchev–Trinajstić information content (AvgIpc) is 2.40. The van der Waals surface area contributed by atoms with Crippen LogP contribution in [-0.2, 0) is 0 Å². The van der Waals surface area contributed by atoms with E-state index in [-0.39, 0.29) is 5.91 Å². The van der Waals surface area contributed by atoms with Gasteiger partial charge in [-0.3, -0.25) is 4.79 Å². The van der Waals surface area contributed by atoms with Gasteiger partial charge >= 0.3 is 0 Å². The third-order valence-electron chi connectivity index (χ3n) is 2.91. The van der Waals surface area contributed by atoms with E-state index >= 15 is 0 Å². The van der Waals surface area contributed by atoms with E-state index in [0.717, 1.165) is 11.3 Å². The zero-order chi connectivity index (χ0) is 15.4. The van der Waals surface area contributed by atoms with Crippen molar-refractivity contribution in [3.63, 3.8) is 0 Å². The molecule has 0 aliphatic heterocycles. The zero-order valence-corrected chi connectivity index (χ0v) is 12.4. The summed E-state index contributed by atoms with van der Waals surface area (Å²) >= 11 is 0. The highest BCUT2D eigenvalue weighted by Crippen LogP contribution is 2.23. The van der Waals surface area contributed by atoms with Gasteiger partial charge in [0.2, 0.25) is 0 Å². The predicted molar refractivity (Wildman–Crippen MR) is 83.7 cm³/mol. The van der Waals surface area contributed by atoms with Crippen LogP contribution in [0.3, 0.4) is 0 Å². The SMILES string of the molecule is CCOc1ccc(C(=O)Nc2cc(C)cc(C)n2)cc1N. The number of benzene rings is 1. The highest BCUT2D eigenvalue weighted by atomic mass is 16.5. The van der Waals surface area contributed by atoms with Crippen LogP contribution in [-0.4, -0.2) is 17.5 Å². The minimum absolute atomic E-state index is 0.248. The third kappa shape index (κ3) is 3.72. The quantitative estimate of drug-likeness (QED) is 0.847. The molecule has 2 aromatic rings. The van der Waals surface area contributed by atoms with Gasteiger partial charge in [-0.05, 0) is 56.7 Å². The van der Waals surface area contributed by atoms with Crippen LogP contribution in [0.15, 0.2) is 30.3 Å². The van der Waals surface area contributed by atoms with Gasteiger partial charge in [0.05, 0.1) is 12.3 Å².